The molecule has 1 heterocycles. The topological polar surface area (TPSA) is 48.0 Å². The molecule has 0 saturated carbocycles. The lowest BCUT2D eigenvalue weighted by molar-refractivity contribution is 0.0825. The third-order valence-electron chi connectivity index (χ3n) is 5.05. The fourth-order valence-corrected chi connectivity index (χ4v) is 10.2. The molecule has 1 aliphatic rings. The first-order valence-electron chi connectivity index (χ1n) is 10.5. The van der Waals surface area contributed by atoms with Crippen LogP contribution in [0.2, 0.25) is 29.7 Å². The SMILES string of the molecule is CCOC(=O)N(CCC1O[Si](C(C)(C)C)(C(C)(C)C)OC=C1C)C[Si](C)(C)C. The Hall–Kier alpha value is -0.796. The summed E-state index contributed by atoms with van der Waals surface area (Å²) >= 11 is 0. The van der Waals surface area contributed by atoms with Gasteiger partial charge in [-0.15, -0.1) is 0 Å². The summed E-state index contributed by atoms with van der Waals surface area (Å²) in [6.07, 6.45) is 3.23. The van der Waals surface area contributed by atoms with Crippen LogP contribution in [0.4, 0.5) is 4.79 Å². The van der Waals surface area contributed by atoms with Crippen molar-refractivity contribution < 1.29 is 18.4 Å². The molecule has 1 aliphatic heterocycles. The summed E-state index contributed by atoms with van der Waals surface area (Å²) in [6, 6.07) is 0. The van der Waals surface area contributed by atoms with E-state index in [0.29, 0.717) is 13.2 Å². The van der Waals surface area contributed by atoms with Crippen molar-refractivity contribution in [2.75, 3.05) is 19.3 Å². The number of amides is 1. The molecule has 0 fully saturated rings. The van der Waals surface area contributed by atoms with Gasteiger partial charge in [0.1, 0.15) is 0 Å². The van der Waals surface area contributed by atoms with Gasteiger partial charge in [-0.25, -0.2) is 4.79 Å². The molecule has 0 bridgehead atoms. The lowest BCUT2D eigenvalue weighted by Crippen LogP contribution is -2.60. The molecule has 7 heteroatoms. The molecule has 0 aromatic heterocycles. The van der Waals surface area contributed by atoms with Gasteiger partial charge < -0.3 is 18.5 Å². The second-order valence-corrected chi connectivity index (χ2v) is 21.3. The first-order valence-corrected chi connectivity index (χ1v) is 16.0. The molecule has 0 radical (unpaired) electrons. The van der Waals surface area contributed by atoms with Crippen LogP contribution in [0.25, 0.3) is 0 Å². The molecule has 0 aromatic rings. The predicted molar refractivity (Wildman–Crippen MR) is 121 cm³/mol. The second-order valence-electron chi connectivity index (χ2n) is 11.2. The highest BCUT2D eigenvalue weighted by Gasteiger charge is 2.61. The zero-order valence-corrected chi connectivity index (χ0v) is 22.1. The quantitative estimate of drug-likeness (QED) is 0.480. The van der Waals surface area contributed by atoms with Crippen molar-refractivity contribution in [3.05, 3.63) is 11.8 Å². The van der Waals surface area contributed by atoms with E-state index in [-0.39, 0.29) is 22.3 Å². The fraction of sp³-hybridized carbons (Fsp3) is 0.857. The van der Waals surface area contributed by atoms with Crippen LogP contribution in [0.15, 0.2) is 11.8 Å². The largest absolute Gasteiger partial charge is 0.526 e. The normalized spacial score (nSPS) is 20.2. The Labute approximate surface area is 175 Å². The van der Waals surface area contributed by atoms with Crippen molar-refractivity contribution in [1.82, 2.24) is 4.90 Å². The first-order chi connectivity index (χ1) is 12.5. The van der Waals surface area contributed by atoms with E-state index in [4.69, 9.17) is 13.6 Å². The van der Waals surface area contributed by atoms with Crippen LogP contribution in [-0.2, 0) is 13.6 Å². The molecule has 1 atom stereocenters. The van der Waals surface area contributed by atoms with E-state index < -0.39 is 16.6 Å². The van der Waals surface area contributed by atoms with E-state index >= 15 is 0 Å². The van der Waals surface area contributed by atoms with E-state index in [9.17, 15) is 4.79 Å². The van der Waals surface area contributed by atoms with Gasteiger partial charge in [-0.2, -0.15) is 0 Å². The Kier molecular flexibility index (Phi) is 8.04. The summed E-state index contributed by atoms with van der Waals surface area (Å²) in [7, 11) is -4.00. The molecule has 1 unspecified atom stereocenters. The summed E-state index contributed by atoms with van der Waals surface area (Å²) in [4.78, 5) is 14.3. The number of nitrogens with zero attached hydrogens (tertiary/aromatic N) is 1. The van der Waals surface area contributed by atoms with Gasteiger partial charge in [0.25, 0.3) is 0 Å². The van der Waals surface area contributed by atoms with E-state index in [2.05, 4.69) is 68.1 Å². The van der Waals surface area contributed by atoms with Gasteiger partial charge in [0.2, 0.25) is 0 Å². The molecule has 5 nitrogen and oxygen atoms in total. The van der Waals surface area contributed by atoms with E-state index in [0.717, 1.165) is 18.2 Å². The van der Waals surface area contributed by atoms with Crippen LogP contribution in [0.5, 0.6) is 0 Å². The van der Waals surface area contributed by atoms with Gasteiger partial charge >= 0.3 is 14.7 Å². The Balaban J connectivity index is 3.04. The molecule has 28 heavy (non-hydrogen) atoms. The van der Waals surface area contributed by atoms with Gasteiger partial charge in [0.15, 0.2) is 0 Å². The number of ether oxygens (including phenoxy) is 1. The zero-order valence-electron chi connectivity index (χ0n) is 20.1. The maximum atomic E-state index is 12.5. The molecule has 1 amide bonds. The molecule has 0 aliphatic carbocycles. The van der Waals surface area contributed by atoms with Crippen molar-refractivity contribution in [1.29, 1.82) is 0 Å². The summed E-state index contributed by atoms with van der Waals surface area (Å²) < 4.78 is 18.5. The minimum Gasteiger partial charge on any atom is -0.526 e. The van der Waals surface area contributed by atoms with Crippen molar-refractivity contribution >= 4 is 22.7 Å². The van der Waals surface area contributed by atoms with E-state index in [1.165, 1.54) is 0 Å². The van der Waals surface area contributed by atoms with Gasteiger partial charge in [0.05, 0.1) is 27.0 Å². The summed E-state index contributed by atoms with van der Waals surface area (Å²) in [5.41, 5.74) is 1.09. The number of hydrogen-bond acceptors (Lipinski definition) is 4. The number of carbonyl (C=O) groups is 1. The zero-order chi connectivity index (χ0) is 22.0. The highest BCUT2D eigenvalue weighted by molar-refractivity contribution is 6.76. The van der Waals surface area contributed by atoms with Crippen molar-refractivity contribution in [2.45, 2.75) is 97.6 Å². The maximum absolute atomic E-state index is 12.5. The molecule has 164 valence electrons. The average molecular weight is 430 g/mol. The van der Waals surface area contributed by atoms with Gasteiger partial charge in [-0.3, -0.25) is 0 Å². The van der Waals surface area contributed by atoms with E-state index in [1.807, 2.05) is 18.1 Å². The second kappa shape index (κ2) is 8.92. The standard InChI is InChI=1S/C21H43NO4Si2/c1-12-24-19(23)22(16-27(9,10)11)14-13-18-17(2)15-25-28(26-18,20(3,4)5)21(6,7)8/h15,18H,12-14,16H2,1-11H3. The Bertz CT molecular complexity index is 556. The van der Waals surface area contributed by atoms with Crippen molar-refractivity contribution in [2.24, 2.45) is 0 Å². The Morgan fingerprint density at radius 1 is 1.18 bits per heavy atom. The molecule has 0 spiro atoms. The lowest BCUT2D eigenvalue weighted by Gasteiger charge is -2.51. The van der Waals surface area contributed by atoms with Crippen LogP contribution < -0.4 is 0 Å². The molecule has 0 N–H and O–H groups in total. The minimum absolute atomic E-state index is 0.0302. The highest BCUT2D eigenvalue weighted by atomic mass is 28.4. The van der Waals surface area contributed by atoms with Crippen LogP contribution in [0, 0.1) is 0 Å². The monoisotopic (exact) mass is 429 g/mol. The summed E-state index contributed by atoms with van der Waals surface area (Å²) in [6.45, 7) is 25.0. The average Bonchev–Trinajstić information content (AvgIpc) is 2.49. The van der Waals surface area contributed by atoms with Crippen LogP contribution >= 0.6 is 0 Å². The highest BCUT2D eigenvalue weighted by Crippen LogP contribution is 2.54. The van der Waals surface area contributed by atoms with E-state index in [1.54, 1.807) is 0 Å². The van der Waals surface area contributed by atoms with Gasteiger partial charge in [0, 0.05) is 22.8 Å². The molecule has 0 saturated heterocycles. The third-order valence-corrected chi connectivity index (χ3v) is 11.4. The molecular formula is C21H43NO4Si2. The summed E-state index contributed by atoms with van der Waals surface area (Å²) in [5.74, 6) is 0. The fourth-order valence-electron chi connectivity index (χ4n) is 3.99. The third kappa shape index (κ3) is 6.10. The Morgan fingerprint density at radius 3 is 2.14 bits per heavy atom. The van der Waals surface area contributed by atoms with Crippen LogP contribution in [-0.4, -0.2) is 53.1 Å². The minimum atomic E-state index is -2.55. The lowest BCUT2D eigenvalue weighted by atomic mass is 10.1. The maximum Gasteiger partial charge on any atom is 0.410 e. The number of carbonyl (C=O) groups excluding carboxylic acids is 1. The number of rotatable bonds is 6. The molecule has 0 aromatic carbocycles. The molecule has 1 rings (SSSR count). The van der Waals surface area contributed by atoms with Crippen LogP contribution in [0.3, 0.4) is 0 Å². The smallest absolute Gasteiger partial charge is 0.410 e. The predicted octanol–water partition coefficient (Wildman–Crippen LogP) is 6.07. The Morgan fingerprint density at radius 2 is 1.71 bits per heavy atom. The molecular weight excluding hydrogens is 386 g/mol. The van der Waals surface area contributed by atoms with Gasteiger partial charge in [-0.1, -0.05) is 61.2 Å². The van der Waals surface area contributed by atoms with Crippen molar-refractivity contribution in [3.63, 3.8) is 0 Å². The van der Waals surface area contributed by atoms with Crippen LogP contribution in [0.1, 0.15) is 61.8 Å². The van der Waals surface area contributed by atoms with Crippen molar-refractivity contribution in [3.8, 4) is 0 Å². The summed E-state index contributed by atoms with van der Waals surface area (Å²) in [5, 5.41) is -0.139. The first kappa shape index (κ1) is 25.2. The van der Waals surface area contributed by atoms with Gasteiger partial charge in [-0.05, 0) is 25.8 Å². The number of hydrogen-bond donors (Lipinski definition) is 0.